The molecule has 0 amide bonds. The number of nitrogens with zero attached hydrogens (tertiary/aromatic N) is 3. The molecule has 5 nitrogen and oxygen atoms in total. The largest absolute Gasteiger partial charge is 0.384 e. The Kier molecular flexibility index (Phi) is 4.03. The maximum atomic E-state index is 9.71. The van der Waals surface area contributed by atoms with Gasteiger partial charge in [0.2, 0.25) is 0 Å². The van der Waals surface area contributed by atoms with Crippen molar-refractivity contribution >= 4 is 0 Å². The molecule has 0 aromatic carbocycles. The first-order valence-electron chi connectivity index (χ1n) is 4.77. The molecule has 0 aliphatic carbocycles. The van der Waals surface area contributed by atoms with Gasteiger partial charge >= 0.3 is 0 Å². The average molecular weight is 199 g/mol. The number of ether oxygens (including phenoxy) is 1. The molecule has 0 saturated heterocycles. The van der Waals surface area contributed by atoms with E-state index in [1.54, 1.807) is 18.0 Å². The average Bonchev–Trinajstić information content (AvgIpc) is 2.65. The van der Waals surface area contributed by atoms with Gasteiger partial charge in [0.25, 0.3) is 0 Å². The van der Waals surface area contributed by atoms with Gasteiger partial charge in [-0.2, -0.15) is 0 Å². The Morgan fingerprint density at radius 1 is 1.64 bits per heavy atom. The molecule has 80 valence electrons. The number of aromatic nitrogens is 3. The van der Waals surface area contributed by atoms with Gasteiger partial charge < -0.3 is 9.84 Å². The first-order chi connectivity index (χ1) is 6.70. The van der Waals surface area contributed by atoms with Crippen molar-refractivity contribution < 1.29 is 9.84 Å². The van der Waals surface area contributed by atoms with Crippen molar-refractivity contribution in [2.45, 2.75) is 32.4 Å². The lowest BCUT2D eigenvalue weighted by atomic mass is 10.2. The third-order valence-corrected chi connectivity index (χ3v) is 2.28. The smallest absolute Gasteiger partial charge is 0.120 e. The van der Waals surface area contributed by atoms with E-state index in [9.17, 15) is 5.11 Å². The SMILES string of the molecule is CCC(C)n1nncc1C(O)COC. The Hall–Kier alpha value is -0.940. The lowest BCUT2D eigenvalue weighted by Crippen LogP contribution is -2.15. The first-order valence-corrected chi connectivity index (χ1v) is 4.77. The van der Waals surface area contributed by atoms with Crippen LogP contribution in [-0.4, -0.2) is 33.8 Å². The molecule has 1 rings (SSSR count). The summed E-state index contributed by atoms with van der Waals surface area (Å²) in [5.41, 5.74) is 0.709. The van der Waals surface area contributed by atoms with Crippen LogP contribution in [0, 0.1) is 0 Å². The fourth-order valence-electron chi connectivity index (χ4n) is 1.25. The molecule has 1 N–H and O–H groups in total. The normalized spacial score (nSPS) is 15.4. The van der Waals surface area contributed by atoms with Crippen molar-refractivity contribution in [2.24, 2.45) is 0 Å². The van der Waals surface area contributed by atoms with Crippen molar-refractivity contribution in [1.82, 2.24) is 15.0 Å². The third kappa shape index (κ3) is 2.30. The van der Waals surface area contributed by atoms with Crippen LogP contribution in [0.1, 0.15) is 38.1 Å². The summed E-state index contributed by atoms with van der Waals surface area (Å²) >= 11 is 0. The molecule has 5 heteroatoms. The summed E-state index contributed by atoms with van der Waals surface area (Å²) in [5.74, 6) is 0. The summed E-state index contributed by atoms with van der Waals surface area (Å²) < 4.78 is 6.62. The summed E-state index contributed by atoms with van der Waals surface area (Å²) in [5, 5.41) is 17.4. The molecule has 0 spiro atoms. The topological polar surface area (TPSA) is 60.2 Å². The van der Waals surface area contributed by atoms with E-state index in [0.717, 1.165) is 6.42 Å². The van der Waals surface area contributed by atoms with Gasteiger partial charge in [0.05, 0.1) is 24.5 Å². The molecule has 14 heavy (non-hydrogen) atoms. The van der Waals surface area contributed by atoms with Gasteiger partial charge in [-0.05, 0) is 13.3 Å². The Morgan fingerprint density at radius 2 is 2.36 bits per heavy atom. The number of hydrogen-bond donors (Lipinski definition) is 1. The van der Waals surface area contributed by atoms with Gasteiger partial charge in [-0.1, -0.05) is 12.1 Å². The van der Waals surface area contributed by atoms with E-state index < -0.39 is 6.10 Å². The lowest BCUT2D eigenvalue weighted by molar-refractivity contribution is 0.0575. The second-order valence-electron chi connectivity index (χ2n) is 3.33. The van der Waals surface area contributed by atoms with Crippen LogP contribution >= 0.6 is 0 Å². The van der Waals surface area contributed by atoms with Crippen LogP contribution in [-0.2, 0) is 4.74 Å². The zero-order valence-electron chi connectivity index (χ0n) is 8.84. The zero-order valence-corrected chi connectivity index (χ0v) is 8.84. The van der Waals surface area contributed by atoms with Crippen molar-refractivity contribution in [3.63, 3.8) is 0 Å². The van der Waals surface area contributed by atoms with Gasteiger partial charge in [-0.15, -0.1) is 5.10 Å². The Labute approximate surface area is 83.7 Å². The fourth-order valence-corrected chi connectivity index (χ4v) is 1.25. The number of hydrogen-bond acceptors (Lipinski definition) is 4. The van der Waals surface area contributed by atoms with Crippen LogP contribution in [0.5, 0.6) is 0 Å². The molecule has 0 bridgehead atoms. The molecule has 1 aromatic rings. The van der Waals surface area contributed by atoms with Crippen molar-refractivity contribution in [3.05, 3.63) is 11.9 Å². The van der Waals surface area contributed by atoms with Crippen LogP contribution in [0.25, 0.3) is 0 Å². The molecular formula is C9H17N3O2. The predicted octanol–water partition coefficient (Wildman–Crippen LogP) is 0.929. The number of aliphatic hydroxyl groups is 1. The molecule has 0 aliphatic rings. The fraction of sp³-hybridized carbons (Fsp3) is 0.778. The van der Waals surface area contributed by atoms with Crippen LogP contribution in [0.4, 0.5) is 0 Å². The molecule has 1 heterocycles. The summed E-state index contributed by atoms with van der Waals surface area (Å²) in [6, 6.07) is 0.249. The summed E-state index contributed by atoms with van der Waals surface area (Å²) in [6.45, 7) is 4.38. The molecule has 2 atom stereocenters. The van der Waals surface area contributed by atoms with E-state index in [-0.39, 0.29) is 12.6 Å². The minimum Gasteiger partial charge on any atom is -0.384 e. The maximum Gasteiger partial charge on any atom is 0.120 e. The zero-order chi connectivity index (χ0) is 10.6. The van der Waals surface area contributed by atoms with Gasteiger partial charge in [-0.3, -0.25) is 0 Å². The van der Waals surface area contributed by atoms with E-state index in [1.165, 1.54) is 0 Å². The predicted molar refractivity (Wildman–Crippen MR) is 51.9 cm³/mol. The van der Waals surface area contributed by atoms with Crippen LogP contribution in [0.3, 0.4) is 0 Å². The molecule has 0 saturated carbocycles. The minimum atomic E-state index is -0.649. The number of aliphatic hydroxyl groups excluding tert-OH is 1. The third-order valence-electron chi connectivity index (χ3n) is 2.28. The maximum absolute atomic E-state index is 9.71. The van der Waals surface area contributed by atoms with Crippen molar-refractivity contribution in [3.8, 4) is 0 Å². The highest BCUT2D eigenvalue weighted by Gasteiger charge is 2.16. The monoisotopic (exact) mass is 199 g/mol. The summed E-state index contributed by atoms with van der Waals surface area (Å²) in [7, 11) is 1.56. The van der Waals surface area contributed by atoms with Crippen LogP contribution < -0.4 is 0 Å². The Balaban J connectivity index is 2.81. The second-order valence-corrected chi connectivity index (χ2v) is 3.33. The second kappa shape index (κ2) is 5.07. The summed E-state index contributed by atoms with van der Waals surface area (Å²) in [6.07, 6.45) is 1.88. The quantitative estimate of drug-likeness (QED) is 0.766. The molecule has 0 radical (unpaired) electrons. The van der Waals surface area contributed by atoms with E-state index in [1.807, 2.05) is 6.92 Å². The Bertz CT molecular complexity index is 275. The van der Waals surface area contributed by atoms with Crippen LogP contribution in [0.15, 0.2) is 6.20 Å². The van der Waals surface area contributed by atoms with Crippen molar-refractivity contribution in [1.29, 1.82) is 0 Å². The van der Waals surface area contributed by atoms with E-state index >= 15 is 0 Å². The van der Waals surface area contributed by atoms with E-state index in [2.05, 4.69) is 17.2 Å². The highest BCUT2D eigenvalue weighted by atomic mass is 16.5. The van der Waals surface area contributed by atoms with Crippen LogP contribution in [0.2, 0.25) is 0 Å². The molecule has 0 fully saturated rings. The summed E-state index contributed by atoms with van der Waals surface area (Å²) in [4.78, 5) is 0. The standard InChI is InChI=1S/C9H17N3O2/c1-4-7(2)12-8(5-10-11-12)9(13)6-14-3/h5,7,9,13H,4,6H2,1-3H3. The van der Waals surface area contributed by atoms with E-state index in [4.69, 9.17) is 4.74 Å². The van der Waals surface area contributed by atoms with Gasteiger partial charge in [0.1, 0.15) is 6.10 Å². The Morgan fingerprint density at radius 3 is 2.93 bits per heavy atom. The molecule has 1 aromatic heterocycles. The molecule has 0 aliphatic heterocycles. The highest BCUT2D eigenvalue weighted by molar-refractivity contribution is 5.00. The van der Waals surface area contributed by atoms with E-state index in [0.29, 0.717) is 5.69 Å². The van der Waals surface area contributed by atoms with Gasteiger partial charge in [-0.25, -0.2) is 4.68 Å². The van der Waals surface area contributed by atoms with Gasteiger partial charge in [0.15, 0.2) is 0 Å². The minimum absolute atomic E-state index is 0.249. The number of rotatable bonds is 5. The lowest BCUT2D eigenvalue weighted by Gasteiger charge is -2.15. The molecule has 2 unspecified atom stereocenters. The highest BCUT2D eigenvalue weighted by Crippen LogP contribution is 2.17. The first kappa shape index (κ1) is 11.1. The van der Waals surface area contributed by atoms with Gasteiger partial charge in [0, 0.05) is 7.11 Å². The van der Waals surface area contributed by atoms with Crippen molar-refractivity contribution in [2.75, 3.05) is 13.7 Å². The molecular weight excluding hydrogens is 182 g/mol. The number of methoxy groups -OCH3 is 1.